The van der Waals surface area contributed by atoms with Crippen molar-refractivity contribution in [2.24, 2.45) is 0 Å². The van der Waals surface area contributed by atoms with Gasteiger partial charge in [0.25, 0.3) is 5.91 Å². The number of aryl methyl sites for hydroxylation is 1. The van der Waals surface area contributed by atoms with Gasteiger partial charge in [-0.15, -0.1) is 0 Å². The molecule has 2 heterocycles. The Morgan fingerprint density at radius 3 is 2.89 bits per heavy atom. The molecule has 2 rings (SSSR count). The van der Waals surface area contributed by atoms with Gasteiger partial charge in [0.1, 0.15) is 11.3 Å². The van der Waals surface area contributed by atoms with Gasteiger partial charge in [-0.1, -0.05) is 5.16 Å². The second-order valence-electron chi connectivity index (χ2n) is 4.50. The third-order valence-electron chi connectivity index (χ3n) is 2.69. The third-order valence-corrected chi connectivity index (χ3v) is 2.69. The van der Waals surface area contributed by atoms with E-state index in [0.717, 1.165) is 6.54 Å². The summed E-state index contributed by atoms with van der Waals surface area (Å²) >= 11 is 0. The second kappa shape index (κ2) is 5.71. The fourth-order valence-corrected chi connectivity index (χ4v) is 1.70. The molecule has 0 saturated carbocycles. The van der Waals surface area contributed by atoms with Gasteiger partial charge < -0.3 is 19.2 Å². The predicted octanol–water partition coefficient (Wildman–Crippen LogP) is 1.53. The van der Waals surface area contributed by atoms with Crippen molar-refractivity contribution in [3.8, 4) is 11.5 Å². The molecule has 2 aromatic heterocycles. The molecule has 0 aliphatic carbocycles. The normalized spacial score (nSPS) is 10.9. The lowest BCUT2D eigenvalue weighted by Crippen LogP contribution is -2.31. The van der Waals surface area contributed by atoms with E-state index in [1.165, 1.54) is 6.26 Å². The Hall–Kier alpha value is -2.08. The zero-order chi connectivity index (χ0) is 13.8. The topological polar surface area (TPSA) is 71.5 Å². The summed E-state index contributed by atoms with van der Waals surface area (Å²) in [6.07, 6.45) is 1.53. The zero-order valence-electron chi connectivity index (χ0n) is 11.3. The molecule has 0 aliphatic rings. The molecule has 6 nitrogen and oxygen atoms in total. The number of nitrogens with one attached hydrogen (secondary N) is 1. The highest BCUT2D eigenvalue weighted by molar-refractivity contribution is 6.00. The van der Waals surface area contributed by atoms with Crippen molar-refractivity contribution in [2.45, 2.75) is 6.92 Å². The lowest BCUT2D eigenvalue weighted by Gasteiger charge is -2.10. The lowest BCUT2D eigenvalue weighted by molar-refractivity contribution is 0.0950. The largest absolute Gasteiger partial charge is 0.463 e. The van der Waals surface area contributed by atoms with Crippen LogP contribution in [0.4, 0.5) is 0 Å². The molecule has 102 valence electrons. The standard InChI is InChI=1S/C13H17N3O3/c1-9-11(13(17)14-6-7-16(2)3)12(15-19-9)10-5-4-8-18-10/h4-5,8H,6-7H2,1-3H3,(H,14,17). The number of rotatable bonds is 5. The maximum Gasteiger partial charge on any atom is 0.257 e. The fourth-order valence-electron chi connectivity index (χ4n) is 1.70. The van der Waals surface area contributed by atoms with E-state index in [2.05, 4.69) is 10.5 Å². The summed E-state index contributed by atoms with van der Waals surface area (Å²) in [6.45, 7) is 3.04. The third kappa shape index (κ3) is 3.03. The molecule has 1 N–H and O–H groups in total. The van der Waals surface area contributed by atoms with Gasteiger partial charge in [-0.25, -0.2) is 0 Å². The maximum atomic E-state index is 12.2. The number of carbonyl (C=O) groups is 1. The Morgan fingerprint density at radius 1 is 1.47 bits per heavy atom. The molecule has 0 radical (unpaired) electrons. The van der Waals surface area contributed by atoms with E-state index < -0.39 is 0 Å². The fraction of sp³-hybridized carbons (Fsp3) is 0.385. The van der Waals surface area contributed by atoms with Gasteiger partial charge in [0, 0.05) is 13.1 Å². The van der Waals surface area contributed by atoms with Crippen molar-refractivity contribution in [1.29, 1.82) is 0 Å². The molecular weight excluding hydrogens is 246 g/mol. The van der Waals surface area contributed by atoms with E-state index in [1.807, 2.05) is 19.0 Å². The van der Waals surface area contributed by atoms with Gasteiger partial charge in [-0.05, 0) is 33.2 Å². The molecule has 0 bridgehead atoms. The first-order valence-electron chi connectivity index (χ1n) is 6.02. The number of likely N-dealkylation sites (N-methyl/N-ethyl adjacent to an activating group) is 1. The first-order valence-corrected chi connectivity index (χ1v) is 6.02. The van der Waals surface area contributed by atoms with E-state index in [9.17, 15) is 4.79 Å². The minimum Gasteiger partial charge on any atom is -0.463 e. The summed E-state index contributed by atoms with van der Waals surface area (Å²) in [5, 5.41) is 6.72. The van der Waals surface area contributed by atoms with Gasteiger partial charge in [-0.3, -0.25) is 4.79 Å². The van der Waals surface area contributed by atoms with Gasteiger partial charge in [0.2, 0.25) is 0 Å². The van der Waals surface area contributed by atoms with Crippen LogP contribution >= 0.6 is 0 Å². The second-order valence-corrected chi connectivity index (χ2v) is 4.50. The molecule has 0 spiro atoms. The maximum absolute atomic E-state index is 12.2. The molecule has 0 atom stereocenters. The summed E-state index contributed by atoms with van der Waals surface area (Å²) in [5.74, 6) is 0.801. The first kappa shape index (κ1) is 13.4. The zero-order valence-corrected chi connectivity index (χ0v) is 11.3. The van der Waals surface area contributed by atoms with E-state index >= 15 is 0 Å². The number of amides is 1. The molecule has 0 saturated heterocycles. The van der Waals surface area contributed by atoms with Crippen molar-refractivity contribution in [3.63, 3.8) is 0 Å². The van der Waals surface area contributed by atoms with Crippen LogP contribution in [-0.4, -0.2) is 43.1 Å². The van der Waals surface area contributed by atoms with Crippen molar-refractivity contribution in [1.82, 2.24) is 15.4 Å². The number of hydrogen-bond donors (Lipinski definition) is 1. The summed E-state index contributed by atoms with van der Waals surface area (Å²) in [4.78, 5) is 14.1. The van der Waals surface area contributed by atoms with E-state index in [-0.39, 0.29) is 5.91 Å². The average Bonchev–Trinajstić information content (AvgIpc) is 2.96. The molecular formula is C13H17N3O3. The van der Waals surface area contributed by atoms with E-state index in [4.69, 9.17) is 8.94 Å². The Morgan fingerprint density at radius 2 is 2.26 bits per heavy atom. The summed E-state index contributed by atoms with van der Waals surface area (Å²) < 4.78 is 10.3. The Labute approximate surface area is 111 Å². The smallest absolute Gasteiger partial charge is 0.257 e. The molecule has 2 aromatic rings. The Bertz CT molecular complexity index is 543. The van der Waals surface area contributed by atoms with Crippen molar-refractivity contribution in [3.05, 3.63) is 29.7 Å². The van der Waals surface area contributed by atoms with E-state index in [0.29, 0.717) is 29.3 Å². The quantitative estimate of drug-likeness (QED) is 0.885. The van der Waals surface area contributed by atoms with Gasteiger partial charge >= 0.3 is 0 Å². The van der Waals surface area contributed by atoms with Crippen LogP contribution in [0.2, 0.25) is 0 Å². The van der Waals surface area contributed by atoms with Crippen LogP contribution in [0.1, 0.15) is 16.1 Å². The van der Waals surface area contributed by atoms with Crippen LogP contribution in [-0.2, 0) is 0 Å². The average molecular weight is 263 g/mol. The van der Waals surface area contributed by atoms with Crippen LogP contribution in [0.25, 0.3) is 11.5 Å². The number of carbonyl (C=O) groups excluding carboxylic acids is 1. The van der Waals surface area contributed by atoms with Crippen molar-refractivity contribution >= 4 is 5.91 Å². The number of furan rings is 1. The van der Waals surface area contributed by atoms with Crippen LogP contribution in [0.5, 0.6) is 0 Å². The van der Waals surface area contributed by atoms with Gasteiger partial charge in [0.05, 0.1) is 6.26 Å². The summed E-state index contributed by atoms with van der Waals surface area (Å²) in [5.41, 5.74) is 0.860. The summed E-state index contributed by atoms with van der Waals surface area (Å²) in [6, 6.07) is 3.49. The van der Waals surface area contributed by atoms with Gasteiger partial charge in [0.15, 0.2) is 11.5 Å². The number of aromatic nitrogens is 1. The Kier molecular flexibility index (Phi) is 4.01. The number of nitrogens with zero attached hydrogens (tertiary/aromatic N) is 2. The van der Waals surface area contributed by atoms with E-state index in [1.54, 1.807) is 19.1 Å². The predicted molar refractivity (Wildman–Crippen MR) is 69.8 cm³/mol. The van der Waals surface area contributed by atoms with Crippen LogP contribution in [0.3, 0.4) is 0 Å². The lowest BCUT2D eigenvalue weighted by atomic mass is 10.1. The highest BCUT2D eigenvalue weighted by Gasteiger charge is 2.22. The SMILES string of the molecule is Cc1onc(-c2ccco2)c1C(=O)NCCN(C)C. The van der Waals surface area contributed by atoms with Gasteiger partial charge in [-0.2, -0.15) is 0 Å². The molecule has 0 aromatic carbocycles. The van der Waals surface area contributed by atoms with Crippen LogP contribution in [0.15, 0.2) is 27.3 Å². The van der Waals surface area contributed by atoms with Crippen molar-refractivity contribution in [2.75, 3.05) is 27.2 Å². The molecule has 6 heteroatoms. The minimum absolute atomic E-state index is 0.202. The van der Waals surface area contributed by atoms with Crippen molar-refractivity contribution < 1.29 is 13.7 Å². The highest BCUT2D eigenvalue weighted by Crippen LogP contribution is 2.25. The molecule has 0 aliphatic heterocycles. The Balaban J connectivity index is 2.15. The number of hydrogen-bond acceptors (Lipinski definition) is 5. The molecule has 0 unspecified atom stereocenters. The molecule has 1 amide bonds. The minimum atomic E-state index is -0.202. The van der Waals surface area contributed by atoms with Crippen LogP contribution < -0.4 is 5.32 Å². The first-order chi connectivity index (χ1) is 9.09. The molecule has 0 fully saturated rings. The monoisotopic (exact) mass is 263 g/mol. The summed E-state index contributed by atoms with van der Waals surface area (Å²) in [7, 11) is 3.90. The van der Waals surface area contributed by atoms with Crippen LogP contribution in [0, 0.1) is 6.92 Å². The highest BCUT2D eigenvalue weighted by atomic mass is 16.5. The molecule has 19 heavy (non-hydrogen) atoms.